The molecule has 0 saturated carbocycles. The van der Waals surface area contributed by atoms with Gasteiger partial charge in [-0.15, -0.1) is 28.6 Å². The van der Waals surface area contributed by atoms with Crippen LogP contribution in [0.3, 0.4) is 0 Å². The summed E-state index contributed by atoms with van der Waals surface area (Å²) in [6.07, 6.45) is 4.15. The summed E-state index contributed by atoms with van der Waals surface area (Å²) in [5, 5.41) is 33.9. The molecule has 0 aliphatic carbocycles. The highest BCUT2D eigenvalue weighted by molar-refractivity contribution is 6.92. The number of non-ortho nitro benzene ring substituents is 3. The molecule has 0 spiro atoms. The predicted octanol–water partition coefficient (Wildman–Crippen LogP) is 22.5. The molecule has 0 aromatic heterocycles. The Morgan fingerprint density at radius 3 is 0.750 bits per heavy atom. The molecule has 15 rings (SSSR count). The van der Waals surface area contributed by atoms with Gasteiger partial charge in [-0.05, 0) is 96.8 Å². The maximum Gasteiger partial charge on any atom is 0.284 e. The molecule has 5 aromatic carbocycles. The second kappa shape index (κ2) is 45.8. The monoisotopic (exact) mass is 2060 g/mol. The molecule has 15 atom stereocenters. The molecule has 4 N–H and O–H groups in total. The quantitative estimate of drug-likeness (QED) is 0.0240. The number of nitrogens with two attached hydrogens (primary N) is 2. The Morgan fingerprint density at radius 2 is 0.514 bits per heavy atom. The summed E-state index contributed by atoms with van der Waals surface area (Å²) in [5.74, 6) is 13.9. The van der Waals surface area contributed by atoms with E-state index in [0.717, 1.165) is 36.4 Å². The standard InChI is InChI=1S/C24H33FN2O4Si.C24H34FNO2Si.C23H32FN3O4Si.C23H33FN2O2Si.C15H13FN2O4/c1-15(2)32(16(3)4,17(5)6)11-10-24(20-12-19(27(28)29)8-9-22(20)25)21-13-30-14-23(21)31-18(7)26-24;1-16(2)29(17(3)4,18(5)6)13-12-24(20-10-8-9-11-22(20)25)21-14-27-15-23(21)28-19(7)26-24;1-14(2)32(15(3)4,16(5)6)10-9-23(18-11-17(27(28)29)7-8-20(18)24)19-12-30-13-21(19)31-22(25)26-23;1-15(2)29(16(3)4,17(5)6)12-11-23(18-9-7-8-10-20(18)24)19-13-27-14-21(19)28-22(25)26-23;1-3-15(11-6-10(18(19)20)4-5-13(11)16)12-7-21-8-14(12)22-9(2)17-15/h8-9,12,15-17,21,23H,13-14H2,1-7H3;8-11,16-18,21,23H,14-15H2,1-7H3;7-8,11,14-16,19,21H,12-13H2,1-6H3,(H2,25,26);7-10,15-17,19,21H,13-14H2,1-6H3,(H2,25,26);1,4-6,12,14H,7-8H2,2H3/t2*21-,23+,24+;2*19-,21+,23+;12-,14+,15+/m00000/s1. The van der Waals surface area contributed by atoms with Crippen molar-refractivity contribution in [2.75, 3.05) is 66.1 Å². The number of ether oxygens (including phenoxy) is 10. The summed E-state index contributed by atoms with van der Waals surface area (Å²) in [6.45, 7) is 62.4. The minimum Gasteiger partial charge on any atom is -0.475 e. The molecule has 5 fully saturated rings. The summed E-state index contributed by atoms with van der Waals surface area (Å²) in [4.78, 5) is 55.5. The zero-order chi connectivity index (χ0) is 106. The molecule has 5 saturated heterocycles. The van der Waals surface area contributed by atoms with Crippen LogP contribution in [0.1, 0.15) is 215 Å². The molecule has 26 nitrogen and oxygen atoms in total. The van der Waals surface area contributed by atoms with Gasteiger partial charge in [0, 0.05) is 85.0 Å². The molecule has 0 radical (unpaired) electrons. The second-order valence-corrected chi connectivity index (χ2v) is 65.4. The lowest BCUT2D eigenvalue weighted by Crippen LogP contribution is -2.49. The van der Waals surface area contributed by atoms with E-state index in [1.165, 1.54) is 30.3 Å². The zero-order valence-corrected chi connectivity index (χ0v) is 92.3. The molecule has 144 heavy (non-hydrogen) atoms. The van der Waals surface area contributed by atoms with E-state index in [2.05, 4.69) is 233 Å². The van der Waals surface area contributed by atoms with Gasteiger partial charge >= 0.3 is 0 Å². The minimum atomic E-state index is -2.22. The fraction of sp³-hybridized carbons (Fsp3) is 0.587. The summed E-state index contributed by atoms with van der Waals surface area (Å²) < 4.78 is 132. The zero-order valence-electron chi connectivity index (χ0n) is 88.3. The Morgan fingerprint density at radius 1 is 0.312 bits per heavy atom. The lowest BCUT2D eigenvalue weighted by atomic mass is 9.76. The molecule has 35 heteroatoms. The van der Waals surface area contributed by atoms with E-state index in [0.29, 0.717) is 142 Å². The third-order valence-corrected chi connectivity index (χ3v) is 56.9. The van der Waals surface area contributed by atoms with Crippen molar-refractivity contribution >= 4 is 79.1 Å². The van der Waals surface area contributed by atoms with Crippen LogP contribution in [0.15, 0.2) is 128 Å². The first-order chi connectivity index (χ1) is 67.7. The van der Waals surface area contributed by atoms with E-state index < -0.39 is 110 Å². The van der Waals surface area contributed by atoms with Gasteiger partial charge in [-0.25, -0.2) is 46.9 Å². The maximum absolute atomic E-state index is 15.3. The van der Waals surface area contributed by atoms with Crippen LogP contribution in [0, 0.1) is 147 Å². The number of fused-ring (bicyclic) bond motifs is 5. The van der Waals surface area contributed by atoms with Crippen LogP contribution in [-0.4, -0.2) is 173 Å². The molecule has 10 heterocycles. The average Bonchev–Trinajstić information content (AvgIpc) is 1.63. The van der Waals surface area contributed by atoms with Gasteiger partial charge in [-0.1, -0.05) is 232 Å². The number of terminal acetylenes is 1. The summed E-state index contributed by atoms with van der Waals surface area (Å²) in [5.41, 5.74) is 26.4. The van der Waals surface area contributed by atoms with Gasteiger partial charge in [-0.2, -0.15) is 0 Å². The number of nitrogens with zero attached hydrogens (tertiary/aromatic N) is 8. The Bertz CT molecular complexity index is 5640. The van der Waals surface area contributed by atoms with E-state index in [1.807, 2.05) is 25.1 Å². The predicted molar refractivity (Wildman–Crippen MR) is 563 cm³/mol. The summed E-state index contributed by atoms with van der Waals surface area (Å²) in [7, 11) is -8.46. The third-order valence-electron chi connectivity index (χ3n) is 31.8. The first kappa shape index (κ1) is 114. The number of hydrogen-bond acceptors (Lipinski definition) is 23. The van der Waals surface area contributed by atoms with Crippen molar-refractivity contribution in [2.24, 2.45) is 66.0 Å². The number of aliphatic imine (C=N–C) groups is 5. The number of nitro benzene ring substituents is 3. The maximum atomic E-state index is 15.3. The van der Waals surface area contributed by atoms with E-state index in [-0.39, 0.29) is 119 Å². The van der Waals surface area contributed by atoms with Crippen LogP contribution >= 0.6 is 0 Å². The Kier molecular flexibility index (Phi) is 36.1. The molecule has 778 valence electrons. The lowest BCUT2D eigenvalue weighted by molar-refractivity contribution is -0.385. The first-order valence-electron chi connectivity index (χ1n) is 50.3. The van der Waals surface area contributed by atoms with Crippen molar-refractivity contribution < 1.29 is 84.1 Å². The highest BCUT2D eigenvalue weighted by Gasteiger charge is 2.60. The van der Waals surface area contributed by atoms with Gasteiger partial charge in [0.2, 0.25) is 0 Å². The smallest absolute Gasteiger partial charge is 0.284 e. The largest absolute Gasteiger partial charge is 0.475 e. The van der Waals surface area contributed by atoms with E-state index in [1.54, 1.807) is 32.0 Å². The molecule has 0 unspecified atom stereocenters. The van der Waals surface area contributed by atoms with Crippen molar-refractivity contribution in [3.8, 4) is 58.2 Å². The molecule has 10 aliphatic rings. The van der Waals surface area contributed by atoms with Crippen molar-refractivity contribution in [3.05, 3.63) is 190 Å². The molecular weight excluding hydrogens is 1910 g/mol. The SMILES string of the molecule is C#C[C@]1(c2cc([N+](=O)[O-])ccc2F)N=C(C)O[C@@H]2COC[C@@H]21.CC(C)[Si](C#C[C@]1(c2cc([N+](=O)[O-])ccc2F)N=C(N)O[C@@H]2COC[C@@H]21)(C(C)C)C(C)C.CC(C)[Si](C#C[C@]1(c2ccccc2F)N=C(N)O[C@@H]2COC[C@@H]21)(C(C)C)C(C)C.CC1=N[C@](C#C[Si](C(C)C)(C(C)C)C(C)C)(c2cc([N+](=O)[O-])ccc2F)[C@H]2COC[C@H]2O1.CC1=N[C@](C#C[Si](C(C)C)(C(C)C)C(C)C)(c2ccccc2F)[C@H]2COC[C@H]2O1. The minimum absolute atomic E-state index is 0.00681. The third kappa shape index (κ3) is 21.8. The van der Waals surface area contributed by atoms with Gasteiger partial charge < -0.3 is 58.8 Å². The molecule has 5 aromatic rings. The van der Waals surface area contributed by atoms with Gasteiger partial charge in [0.25, 0.3) is 29.1 Å². The fourth-order valence-corrected chi connectivity index (χ4v) is 46.0. The molecule has 10 aliphatic heterocycles. The van der Waals surface area contributed by atoms with E-state index in [9.17, 15) is 34.7 Å². The van der Waals surface area contributed by atoms with Gasteiger partial charge in [0.1, 0.15) is 91.9 Å². The van der Waals surface area contributed by atoms with E-state index >= 15 is 17.6 Å². The van der Waals surface area contributed by atoms with Crippen LogP contribution < -0.4 is 11.5 Å². The van der Waals surface area contributed by atoms with Crippen molar-refractivity contribution in [2.45, 2.75) is 312 Å². The van der Waals surface area contributed by atoms with Crippen LogP contribution in [0.5, 0.6) is 0 Å². The fourth-order valence-electron chi connectivity index (χ4n) is 24.9. The van der Waals surface area contributed by atoms with Gasteiger partial charge in [0.15, 0.2) is 45.4 Å². The second-order valence-electron chi connectivity index (χ2n) is 43.1. The highest BCUT2D eigenvalue weighted by atomic mass is 28.3. The van der Waals surface area contributed by atoms with Crippen molar-refractivity contribution in [1.82, 2.24) is 0 Å². The Hall–Kier alpha value is -10.6. The lowest BCUT2D eigenvalue weighted by Gasteiger charge is -2.41. The number of hydrogen-bond donors (Lipinski definition) is 2. The van der Waals surface area contributed by atoms with Crippen LogP contribution in [0.25, 0.3) is 0 Å². The Balaban J connectivity index is 0.000000172. The van der Waals surface area contributed by atoms with Crippen LogP contribution in [0.2, 0.25) is 66.5 Å². The number of amidine groups is 2. The topological polar surface area (TPSA) is 336 Å². The summed E-state index contributed by atoms with van der Waals surface area (Å²) in [6, 6.07) is 23.9. The van der Waals surface area contributed by atoms with Gasteiger partial charge in [0.05, 0.1) is 110 Å². The highest BCUT2D eigenvalue weighted by Crippen LogP contribution is 2.54. The van der Waals surface area contributed by atoms with Crippen LogP contribution in [-0.2, 0) is 75.1 Å². The van der Waals surface area contributed by atoms with E-state index in [4.69, 9.17) is 75.2 Å². The number of rotatable bonds is 20. The normalized spacial score (nSPS) is 26.6. The summed E-state index contributed by atoms with van der Waals surface area (Å²) >= 11 is 0. The molecule has 0 amide bonds. The number of nitro groups is 3. The average molecular weight is 2060 g/mol. The molecular formula is C109H145F5N10O16Si4. The number of benzene rings is 5. The molecule has 0 bridgehead atoms. The van der Waals surface area contributed by atoms with Crippen molar-refractivity contribution in [3.63, 3.8) is 0 Å². The van der Waals surface area contributed by atoms with Crippen molar-refractivity contribution in [1.29, 1.82) is 0 Å². The van der Waals surface area contributed by atoms with Gasteiger partial charge in [-0.3, -0.25) is 30.3 Å². The first-order valence-corrected chi connectivity index (χ1v) is 59.2. The number of halogens is 5. The van der Waals surface area contributed by atoms with Crippen LogP contribution in [0.4, 0.5) is 39.0 Å². The Labute approximate surface area is 850 Å².